The van der Waals surface area contributed by atoms with Gasteiger partial charge in [-0.05, 0) is 25.0 Å². The van der Waals surface area contributed by atoms with Gasteiger partial charge in [-0.3, -0.25) is 9.59 Å². The van der Waals surface area contributed by atoms with Crippen molar-refractivity contribution in [2.24, 2.45) is 0 Å². The third kappa shape index (κ3) is 3.53. The second-order valence-electron chi connectivity index (χ2n) is 4.88. The topological polar surface area (TPSA) is 62.3 Å². The fourth-order valence-corrected chi connectivity index (χ4v) is 2.40. The number of hydrogen-bond acceptors (Lipinski definition) is 3. The number of carbonyl (C=O) groups excluding carboxylic acids is 2. The van der Waals surface area contributed by atoms with Gasteiger partial charge in [0.05, 0.1) is 0 Å². The predicted octanol–water partition coefficient (Wildman–Crippen LogP) is 1.81. The highest BCUT2D eigenvalue weighted by Crippen LogP contribution is 2.21. The molecule has 2 amide bonds. The lowest BCUT2D eigenvalue weighted by Crippen LogP contribution is -2.44. The third-order valence-corrected chi connectivity index (χ3v) is 3.54. The molecule has 0 aliphatic heterocycles. The van der Waals surface area contributed by atoms with Gasteiger partial charge in [0.25, 0.3) is 0 Å². The van der Waals surface area contributed by atoms with Crippen LogP contribution in [0.3, 0.4) is 0 Å². The highest BCUT2D eigenvalue weighted by atomic mass is 16.2. The fourth-order valence-electron chi connectivity index (χ4n) is 2.40. The van der Waals surface area contributed by atoms with E-state index in [1.165, 1.54) is 6.42 Å². The first-order valence-corrected chi connectivity index (χ1v) is 6.67. The number of anilines is 1. The van der Waals surface area contributed by atoms with Gasteiger partial charge in [0, 0.05) is 19.3 Å². The van der Waals surface area contributed by atoms with Gasteiger partial charge in [-0.2, -0.15) is 0 Å². The second-order valence-corrected chi connectivity index (χ2v) is 4.88. The summed E-state index contributed by atoms with van der Waals surface area (Å²) in [5.74, 6) is -0.706. The van der Waals surface area contributed by atoms with Crippen LogP contribution < -0.4 is 5.32 Å². The van der Waals surface area contributed by atoms with Crippen LogP contribution in [0.25, 0.3) is 0 Å². The van der Waals surface area contributed by atoms with Gasteiger partial charge in [0.1, 0.15) is 5.82 Å². The summed E-state index contributed by atoms with van der Waals surface area (Å²) in [7, 11) is 1.70. The van der Waals surface area contributed by atoms with Crippen LogP contribution in [0, 0.1) is 0 Å². The van der Waals surface area contributed by atoms with Gasteiger partial charge in [-0.1, -0.05) is 25.3 Å². The van der Waals surface area contributed by atoms with E-state index >= 15 is 0 Å². The Morgan fingerprint density at radius 1 is 1.26 bits per heavy atom. The predicted molar refractivity (Wildman–Crippen MR) is 72.5 cm³/mol. The van der Waals surface area contributed by atoms with Crippen molar-refractivity contribution in [3.05, 3.63) is 24.4 Å². The van der Waals surface area contributed by atoms with E-state index in [9.17, 15) is 9.59 Å². The van der Waals surface area contributed by atoms with E-state index in [2.05, 4.69) is 10.3 Å². The Labute approximate surface area is 113 Å². The molecule has 0 unspecified atom stereocenters. The van der Waals surface area contributed by atoms with Gasteiger partial charge < -0.3 is 10.2 Å². The monoisotopic (exact) mass is 261 g/mol. The first-order chi connectivity index (χ1) is 9.18. The van der Waals surface area contributed by atoms with E-state index in [1.807, 2.05) is 0 Å². The lowest BCUT2D eigenvalue weighted by molar-refractivity contribution is -0.144. The molecule has 2 rings (SSSR count). The number of rotatable bonds is 2. The molecule has 1 N–H and O–H groups in total. The maximum absolute atomic E-state index is 12.0. The molecule has 0 spiro atoms. The average molecular weight is 261 g/mol. The first kappa shape index (κ1) is 13.5. The summed E-state index contributed by atoms with van der Waals surface area (Å²) in [6, 6.07) is 5.37. The van der Waals surface area contributed by atoms with E-state index in [0.717, 1.165) is 25.7 Å². The molecule has 0 saturated heterocycles. The van der Waals surface area contributed by atoms with Crippen LogP contribution in [0.2, 0.25) is 0 Å². The van der Waals surface area contributed by atoms with Crippen molar-refractivity contribution in [1.82, 2.24) is 9.88 Å². The highest BCUT2D eigenvalue weighted by Gasteiger charge is 2.26. The standard InChI is InChI=1S/C14H19N3O2/c1-17(11-7-3-2-4-8-11)14(19)13(18)16-12-9-5-6-10-15-12/h5-6,9-11H,2-4,7-8H2,1H3,(H,15,16,18). The molecule has 0 radical (unpaired) electrons. The van der Waals surface area contributed by atoms with Crippen molar-refractivity contribution in [1.29, 1.82) is 0 Å². The minimum absolute atomic E-state index is 0.190. The summed E-state index contributed by atoms with van der Waals surface area (Å²) < 4.78 is 0. The van der Waals surface area contributed by atoms with Crippen LogP contribution in [0.1, 0.15) is 32.1 Å². The van der Waals surface area contributed by atoms with Crippen molar-refractivity contribution >= 4 is 17.6 Å². The molecule has 0 aromatic carbocycles. The Morgan fingerprint density at radius 3 is 2.63 bits per heavy atom. The van der Waals surface area contributed by atoms with Crippen molar-refractivity contribution in [2.45, 2.75) is 38.1 Å². The summed E-state index contributed by atoms with van der Waals surface area (Å²) in [6.45, 7) is 0. The zero-order chi connectivity index (χ0) is 13.7. The van der Waals surface area contributed by atoms with Gasteiger partial charge in [-0.25, -0.2) is 4.98 Å². The summed E-state index contributed by atoms with van der Waals surface area (Å²) in [5.41, 5.74) is 0. The summed E-state index contributed by atoms with van der Waals surface area (Å²) in [4.78, 5) is 29.4. The van der Waals surface area contributed by atoms with Crippen LogP contribution in [0.4, 0.5) is 5.82 Å². The maximum Gasteiger partial charge on any atom is 0.315 e. The molecule has 1 aliphatic rings. The van der Waals surface area contributed by atoms with E-state index < -0.39 is 11.8 Å². The SMILES string of the molecule is CN(C(=O)C(=O)Nc1ccccn1)C1CCCCC1. The summed E-state index contributed by atoms with van der Waals surface area (Å²) in [5, 5.41) is 2.52. The summed E-state index contributed by atoms with van der Waals surface area (Å²) in [6.07, 6.45) is 7.02. The van der Waals surface area contributed by atoms with Crippen LogP contribution in [0.15, 0.2) is 24.4 Å². The molecule has 19 heavy (non-hydrogen) atoms. The molecular formula is C14H19N3O2. The minimum atomic E-state index is -0.619. The molecule has 1 heterocycles. The number of likely N-dealkylation sites (N-methyl/N-ethyl adjacent to an activating group) is 1. The second kappa shape index (κ2) is 6.31. The van der Waals surface area contributed by atoms with Crippen molar-refractivity contribution in [3.8, 4) is 0 Å². The number of carbonyl (C=O) groups is 2. The van der Waals surface area contributed by atoms with Crippen molar-refractivity contribution in [2.75, 3.05) is 12.4 Å². The molecule has 5 nitrogen and oxygen atoms in total. The molecule has 5 heteroatoms. The van der Waals surface area contributed by atoms with Crippen LogP contribution in [-0.2, 0) is 9.59 Å². The number of nitrogens with one attached hydrogen (secondary N) is 1. The normalized spacial score (nSPS) is 15.8. The molecular weight excluding hydrogens is 242 g/mol. The van der Waals surface area contributed by atoms with Gasteiger partial charge in [-0.15, -0.1) is 0 Å². The van der Waals surface area contributed by atoms with Gasteiger partial charge >= 0.3 is 11.8 Å². The highest BCUT2D eigenvalue weighted by molar-refractivity contribution is 6.39. The molecule has 1 aromatic heterocycles. The molecule has 0 atom stereocenters. The zero-order valence-electron chi connectivity index (χ0n) is 11.1. The largest absolute Gasteiger partial charge is 0.335 e. The number of nitrogens with zero attached hydrogens (tertiary/aromatic N) is 2. The van der Waals surface area contributed by atoms with E-state index in [0.29, 0.717) is 5.82 Å². The Bertz CT molecular complexity index is 441. The third-order valence-electron chi connectivity index (χ3n) is 3.54. The van der Waals surface area contributed by atoms with Crippen molar-refractivity contribution < 1.29 is 9.59 Å². The number of pyridine rings is 1. The Kier molecular flexibility index (Phi) is 4.49. The zero-order valence-corrected chi connectivity index (χ0v) is 11.1. The van der Waals surface area contributed by atoms with Gasteiger partial charge in [0.15, 0.2) is 0 Å². The molecule has 102 valence electrons. The number of aromatic nitrogens is 1. The number of hydrogen-bond donors (Lipinski definition) is 1. The molecule has 1 saturated carbocycles. The molecule has 0 bridgehead atoms. The molecule has 1 aromatic rings. The fraction of sp³-hybridized carbons (Fsp3) is 0.500. The smallest absolute Gasteiger partial charge is 0.315 e. The number of amides is 2. The quantitative estimate of drug-likeness (QED) is 0.826. The van der Waals surface area contributed by atoms with E-state index in [4.69, 9.17) is 0 Å². The maximum atomic E-state index is 12.0. The Balaban J connectivity index is 1.93. The van der Waals surface area contributed by atoms with Crippen LogP contribution in [-0.4, -0.2) is 34.8 Å². The van der Waals surface area contributed by atoms with E-state index in [1.54, 1.807) is 36.3 Å². The van der Waals surface area contributed by atoms with Crippen LogP contribution in [0.5, 0.6) is 0 Å². The van der Waals surface area contributed by atoms with Crippen molar-refractivity contribution in [3.63, 3.8) is 0 Å². The lowest BCUT2D eigenvalue weighted by Gasteiger charge is -2.30. The minimum Gasteiger partial charge on any atom is -0.335 e. The van der Waals surface area contributed by atoms with Gasteiger partial charge in [0.2, 0.25) is 0 Å². The summed E-state index contributed by atoms with van der Waals surface area (Å²) >= 11 is 0. The lowest BCUT2D eigenvalue weighted by atomic mass is 9.94. The Hall–Kier alpha value is -1.91. The Morgan fingerprint density at radius 2 is 2.00 bits per heavy atom. The molecule has 1 fully saturated rings. The van der Waals surface area contributed by atoms with Crippen LogP contribution >= 0.6 is 0 Å². The molecule has 1 aliphatic carbocycles. The van der Waals surface area contributed by atoms with E-state index in [-0.39, 0.29) is 6.04 Å². The first-order valence-electron chi connectivity index (χ1n) is 6.67. The average Bonchev–Trinajstić information content (AvgIpc) is 2.47.